The third kappa shape index (κ3) is 23.9. The van der Waals surface area contributed by atoms with Crippen LogP contribution in [0, 0.1) is 0 Å². The van der Waals surface area contributed by atoms with Crippen molar-refractivity contribution in [3.8, 4) is 5.88 Å². The number of quaternary nitrogens is 1. The van der Waals surface area contributed by atoms with E-state index in [1.807, 2.05) is 18.7 Å². The molecule has 1 aliphatic rings. The number of amides is 1. The first-order valence-corrected chi connectivity index (χ1v) is 23.2. The molecule has 0 saturated carbocycles. The van der Waals surface area contributed by atoms with Crippen LogP contribution in [0.4, 0.5) is 4.79 Å². The van der Waals surface area contributed by atoms with Crippen LogP contribution >= 0.6 is 11.7 Å². The molecule has 0 aromatic carbocycles. The molecule has 0 fully saturated rings. The predicted octanol–water partition coefficient (Wildman–Crippen LogP) is 13.8. The lowest BCUT2D eigenvalue weighted by Crippen LogP contribution is -2.50. The normalized spacial score (nSPS) is 15.5. The Morgan fingerprint density at radius 2 is 1.12 bits per heavy atom. The van der Waals surface area contributed by atoms with E-state index in [1.54, 1.807) is 0 Å². The predicted molar refractivity (Wildman–Crippen MR) is 225 cm³/mol. The molecule has 0 saturated heterocycles. The first kappa shape index (κ1) is 48.3. The molecule has 1 amide bonds. The molecular weight excluding hydrogens is 665 g/mol. The number of aromatic nitrogens is 2. The number of nitrogens with zero attached hydrogens (tertiary/aromatic N) is 4. The molecule has 0 aliphatic carbocycles. The van der Waals surface area contributed by atoms with Crippen molar-refractivity contribution in [3.05, 3.63) is 11.8 Å². The first-order chi connectivity index (χ1) is 25.5. The number of hydrogen-bond donors (Lipinski definition) is 0. The molecule has 7 nitrogen and oxygen atoms in total. The first-order valence-electron chi connectivity index (χ1n) is 22.4. The van der Waals surface area contributed by atoms with Gasteiger partial charge in [0, 0.05) is 25.1 Å². The van der Waals surface area contributed by atoms with Gasteiger partial charge in [0.1, 0.15) is 12.2 Å². The van der Waals surface area contributed by atoms with Crippen molar-refractivity contribution in [1.82, 2.24) is 13.6 Å². The van der Waals surface area contributed by atoms with Crippen molar-refractivity contribution in [1.29, 1.82) is 0 Å². The van der Waals surface area contributed by atoms with Gasteiger partial charge >= 0.3 is 6.09 Å². The second-order valence-electron chi connectivity index (χ2n) is 15.4. The van der Waals surface area contributed by atoms with Gasteiger partial charge in [0.15, 0.2) is 0 Å². The highest BCUT2D eigenvalue weighted by Crippen LogP contribution is 2.30. The van der Waals surface area contributed by atoms with Crippen molar-refractivity contribution in [2.75, 3.05) is 46.6 Å². The van der Waals surface area contributed by atoms with Crippen LogP contribution in [0.3, 0.4) is 0 Å². The third-order valence-corrected chi connectivity index (χ3v) is 10.9. The molecule has 0 spiro atoms. The quantitative estimate of drug-likeness (QED) is 0.0529. The van der Waals surface area contributed by atoms with E-state index in [2.05, 4.69) is 42.6 Å². The molecule has 1 aromatic rings. The van der Waals surface area contributed by atoms with E-state index >= 15 is 0 Å². The van der Waals surface area contributed by atoms with Crippen LogP contribution in [-0.2, 0) is 4.74 Å². The van der Waals surface area contributed by atoms with E-state index in [1.165, 1.54) is 159 Å². The Bertz CT molecular complexity index is 960. The molecule has 1 aliphatic heterocycles. The number of unbranched alkanes of at least 4 members (excludes halogenated alkanes) is 23. The van der Waals surface area contributed by atoms with Gasteiger partial charge in [0.2, 0.25) is 6.73 Å². The molecule has 1 aromatic heterocycles. The molecule has 0 radical (unpaired) electrons. The van der Waals surface area contributed by atoms with Gasteiger partial charge in [-0.05, 0) is 19.3 Å². The molecule has 2 heterocycles. The Morgan fingerprint density at radius 1 is 0.673 bits per heavy atom. The molecule has 1 unspecified atom stereocenters. The summed E-state index contributed by atoms with van der Waals surface area (Å²) in [7, 11) is 2.20. The monoisotopic (exact) mass is 750 g/mol. The smallest absolute Gasteiger partial charge is 0.414 e. The Kier molecular flexibility index (Phi) is 31.5. The Morgan fingerprint density at radius 3 is 1.60 bits per heavy atom. The fraction of sp³-hybridized carbons (Fsp3) is 0.886. The van der Waals surface area contributed by atoms with E-state index in [9.17, 15) is 4.79 Å². The van der Waals surface area contributed by atoms with E-state index in [4.69, 9.17) is 9.47 Å². The van der Waals surface area contributed by atoms with Gasteiger partial charge in [-0.3, -0.25) is 4.48 Å². The Hall–Kier alpha value is -1.67. The number of likely N-dealkylation sites (N-methyl/N-ethyl adjacent to an activating group) is 1. The maximum Gasteiger partial charge on any atom is 0.414 e. The maximum atomic E-state index is 13.6. The summed E-state index contributed by atoms with van der Waals surface area (Å²) < 4.78 is 21.9. The minimum atomic E-state index is -0.133. The lowest BCUT2D eigenvalue weighted by molar-refractivity contribution is -0.919. The van der Waals surface area contributed by atoms with Crippen LogP contribution < -0.4 is 4.74 Å². The lowest BCUT2D eigenvalue weighted by atomic mass is 10.1. The summed E-state index contributed by atoms with van der Waals surface area (Å²) in [6.45, 7) is 15.2. The van der Waals surface area contributed by atoms with Crippen LogP contribution in [0.5, 0.6) is 5.88 Å². The maximum absolute atomic E-state index is 13.6. The van der Waals surface area contributed by atoms with Crippen LogP contribution in [0.1, 0.15) is 214 Å². The number of carbonyl (C=O) groups excluding carboxylic acids is 1. The number of ether oxygens (including phenoxy) is 2. The fourth-order valence-electron chi connectivity index (χ4n) is 7.09. The minimum Gasteiger partial charge on any atom is -0.475 e. The fourth-order valence-corrected chi connectivity index (χ4v) is 7.62. The molecular formula is C44H85N4O3S+. The number of carbonyl (C=O) groups is 1. The molecule has 0 N–H and O–H groups in total. The standard InChI is InChI=1S/C42H79N4O3S.C2H6/c1-5-8-11-14-16-18-20-22-24-26-28-33-45(34-29-27-25-23-21-19-17-15-12-9-6-2)42(47)49-38-46(4)35-31-32-39(37-46)40-41(44-50-43-40)48-36-30-13-10-7-3;1-2/h32H,5-31,33-38H2,1-4H3;1-2H3/q+1;. The van der Waals surface area contributed by atoms with Crippen molar-refractivity contribution in [3.63, 3.8) is 0 Å². The Labute approximate surface area is 327 Å². The molecule has 304 valence electrons. The van der Waals surface area contributed by atoms with Gasteiger partial charge in [0.25, 0.3) is 5.88 Å². The highest BCUT2D eigenvalue weighted by Gasteiger charge is 2.32. The van der Waals surface area contributed by atoms with Crippen molar-refractivity contribution in [2.45, 2.75) is 208 Å². The van der Waals surface area contributed by atoms with E-state index in [-0.39, 0.29) is 6.09 Å². The highest BCUT2D eigenvalue weighted by atomic mass is 32.1. The summed E-state index contributed by atoms with van der Waals surface area (Å²) in [6.07, 6.45) is 36.7. The highest BCUT2D eigenvalue weighted by molar-refractivity contribution is 6.99. The number of hydrogen-bond acceptors (Lipinski definition) is 6. The van der Waals surface area contributed by atoms with Gasteiger partial charge in [-0.15, -0.1) is 4.37 Å². The van der Waals surface area contributed by atoms with Crippen LogP contribution in [0.25, 0.3) is 5.57 Å². The summed E-state index contributed by atoms with van der Waals surface area (Å²) >= 11 is 1.22. The zero-order valence-electron chi connectivity index (χ0n) is 35.3. The average molecular weight is 750 g/mol. The summed E-state index contributed by atoms with van der Waals surface area (Å²) in [4.78, 5) is 15.6. The Balaban J connectivity index is 0.00000664. The number of rotatable bonds is 33. The van der Waals surface area contributed by atoms with Crippen LogP contribution in [-0.4, -0.2) is 70.8 Å². The molecule has 2 rings (SSSR count). The van der Waals surface area contributed by atoms with E-state index in [0.717, 1.165) is 63.1 Å². The molecule has 8 heteroatoms. The summed E-state index contributed by atoms with van der Waals surface area (Å²) in [5.41, 5.74) is 2.03. The zero-order valence-corrected chi connectivity index (χ0v) is 36.2. The summed E-state index contributed by atoms with van der Waals surface area (Å²) in [5.74, 6) is 0.660. The zero-order chi connectivity index (χ0) is 38.0. The molecule has 0 bridgehead atoms. The summed E-state index contributed by atoms with van der Waals surface area (Å²) in [5, 5.41) is 0. The van der Waals surface area contributed by atoms with Crippen molar-refractivity contribution < 1.29 is 18.8 Å². The van der Waals surface area contributed by atoms with Crippen molar-refractivity contribution >= 4 is 23.4 Å². The van der Waals surface area contributed by atoms with Crippen LogP contribution in [0.15, 0.2) is 6.08 Å². The minimum absolute atomic E-state index is 0.133. The average Bonchev–Trinajstić information content (AvgIpc) is 3.63. The van der Waals surface area contributed by atoms with Gasteiger partial charge in [0.05, 0.1) is 31.9 Å². The van der Waals surface area contributed by atoms with E-state index < -0.39 is 0 Å². The largest absolute Gasteiger partial charge is 0.475 e. The van der Waals surface area contributed by atoms with E-state index in [0.29, 0.717) is 23.7 Å². The molecule has 52 heavy (non-hydrogen) atoms. The van der Waals surface area contributed by atoms with Gasteiger partial charge in [-0.2, -0.15) is 4.37 Å². The van der Waals surface area contributed by atoms with Crippen LogP contribution in [0.2, 0.25) is 0 Å². The van der Waals surface area contributed by atoms with Gasteiger partial charge in [-0.1, -0.05) is 188 Å². The summed E-state index contributed by atoms with van der Waals surface area (Å²) in [6, 6.07) is 0. The topological polar surface area (TPSA) is 64.6 Å². The van der Waals surface area contributed by atoms with Gasteiger partial charge < -0.3 is 14.4 Å². The second-order valence-corrected chi connectivity index (χ2v) is 16.0. The second kappa shape index (κ2) is 33.9. The SMILES string of the molecule is CC.CCCCCCCCCCCCCN(CCCCCCCCCCCCC)C(=O)OC[N+]1(C)CCC=C(c2nsnc2OCCCCCC)C1. The van der Waals surface area contributed by atoms with Gasteiger partial charge in [-0.25, -0.2) is 4.79 Å². The lowest BCUT2D eigenvalue weighted by Gasteiger charge is -2.37. The third-order valence-electron chi connectivity index (χ3n) is 10.4. The molecule has 1 atom stereocenters. The van der Waals surface area contributed by atoms with Crippen molar-refractivity contribution in [2.24, 2.45) is 0 Å².